The smallest absolute Gasteiger partial charge is 1.00 e. The number of hydrogen-bond donors (Lipinski definition) is 0. The molecule has 0 amide bonds. The summed E-state index contributed by atoms with van der Waals surface area (Å²) in [5.74, 6) is -1.82. The summed E-state index contributed by atoms with van der Waals surface area (Å²) in [4.78, 5) is 20.2. The summed E-state index contributed by atoms with van der Waals surface area (Å²) in [7, 11) is 0. The maximum Gasteiger partial charge on any atom is 3.00 e. The molecule has 0 saturated carbocycles. The van der Waals surface area contributed by atoms with E-state index in [-0.39, 0.29) is 42.6 Å². The van der Waals surface area contributed by atoms with Crippen molar-refractivity contribution in [3.63, 3.8) is 0 Å². The fourth-order valence-electron chi connectivity index (χ4n) is 3.51. The second-order valence-electron chi connectivity index (χ2n) is 8.61. The summed E-state index contributed by atoms with van der Waals surface area (Å²) in [5, 5.41) is 20.2. The molecule has 0 rings (SSSR count). The van der Waals surface area contributed by atoms with E-state index < -0.39 is 11.9 Å². The van der Waals surface area contributed by atoms with E-state index in [0.29, 0.717) is 0 Å². The summed E-state index contributed by atoms with van der Waals surface area (Å²) in [6.07, 6.45) is 25.2. The monoisotopic (exact) mass is 488 g/mol. The van der Waals surface area contributed by atoms with Crippen LogP contribution >= 0.6 is 0 Å². The van der Waals surface area contributed by atoms with Crippen LogP contribution < -0.4 is 22.6 Å². The van der Waals surface area contributed by atoms with Crippen molar-refractivity contribution in [3.05, 3.63) is 0 Å². The normalized spacial score (nSPS) is 9.81. The molecular weight excluding hydrogens is 439 g/mol. The fraction of sp³-hybridized carbons (Fsp3) is 0.923. The van der Waals surface area contributed by atoms with Gasteiger partial charge in [0.1, 0.15) is 0 Å². The van der Waals surface area contributed by atoms with Crippen LogP contribution in [0.25, 0.3) is 0 Å². The second kappa shape index (κ2) is 35.4. The SMILES string of the molecule is CCCCCCCCCCCCC(=O)[O-].CCCCCCCCCCCCC(=O)[O-].[Al+3].[Cl-]. The van der Waals surface area contributed by atoms with E-state index in [4.69, 9.17) is 0 Å². The number of hydrogen-bond acceptors (Lipinski definition) is 4. The molecule has 0 atom stereocenters. The minimum absolute atomic E-state index is 0. The molecule has 0 unspecified atom stereocenters. The van der Waals surface area contributed by atoms with Gasteiger partial charge in [-0.25, -0.2) is 0 Å². The van der Waals surface area contributed by atoms with E-state index >= 15 is 0 Å². The van der Waals surface area contributed by atoms with Crippen molar-refractivity contribution >= 4 is 29.3 Å². The third-order valence-corrected chi connectivity index (χ3v) is 5.47. The van der Waals surface area contributed by atoms with E-state index in [1.54, 1.807) is 0 Å². The first-order valence-corrected chi connectivity index (χ1v) is 12.9. The van der Waals surface area contributed by atoms with Gasteiger partial charge in [-0.1, -0.05) is 129 Å². The van der Waals surface area contributed by atoms with Crippen molar-refractivity contribution in [2.75, 3.05) is 0 Å². The third-order valence-electron chi connectivity index (χ3n) is 5.47. The fourth-order valence-corrected chi connectivity index (χ4v) is 3.51. The van der Waals surface area contributed by atoms with Crippen molar-refractivity contribution in [1.82, 2.24) is 0 Å². The molecule has 0 aliphatic heterocycles. The van der Waals surface area contributed by atoms with Crippen molar-refractivity contribution in [2.24, 2.45) is 0 Å². The van der Waals surface area contributed by atoms with Crippen LogP contribution in [0, 0.1) is 0 Å². The molecule has 32 heavy (non-hydrogen) atoms. The van der Waals surface area contributed by atoms with Gasteiger partial charge in [0, 0.05) is 11.9 Å². The van der Waals surface area contributed by atoms with Crippen LogP contribution in [0.2, 0.25) is 0 Å². The Hall–Kier alpha value is -0.238. The van der Waals surface area contributed by atoms with Crippen LogP contribution in [-0.4, -0.2) is 29.3 Å². The molecule has 0 heterocycles. The minimum Gasteiger partial charge on any atom is -1.00 e. The molecule has 0 aliphatic rings. The van der Waals surface area contributed by atoms with Gasteiger partial charge >= 0.3 is 17.4 Å². The van der Waals surface area contributed by atoms with E-state index in [0.717, 1.165) is 25.7 Å². The number of halogens is 1. The number of rotatable bonds is 22. The van der Waals surface area contributed by atoms with Gasteiger partial charge in [0.2, 0.25) is 0 Å². The molecule has 0 aromatic carbocycles. The topological polar surface area (TPSA) is 80.3 Å². The zero-order valence-corrected chi connectivity index (χ0v) is 23.1. The van der Waals surface area contributed by atoms with Gasteiger partial charge in [-0.2, -0.15) is 0 Å². The third kappa shape index (κ3) is 43.6. The number of carboxylic acid groups (broad SMARTS) is 2. The Bertz CT molecular complexity index is 334. The summed E-state index contributed by atoms with van der Waals surface area (Å²) in [6.45, 7) is 4.47. The van der Waals surface area contributed by atoms with Crippen molar-refractivity contribution < 1.29 is 32.2 Å². The van der Waals surface area contributed by atoms with Gasteiger partial charge in [-0.05, 0) is 25.7 Å². The predicted octanol–water partition coefficient (Wildman–Crippen LogP) is 2.72. The second-order valence-corrected chi connectivity index (χ2v) is 8.61. The maximum absolute atomic E-state index is 10.1. The van der Waals surface area contributed by atoms with E-state index in [9.17, 15) is 19.8 Å². The molecule has 4 nitrogen and oxygen atoms in total. The zero-order valence-electron chi connectivity index (χ0n) is 21.1. The van der Waals surface area contributed by atoms with Gasteiger partial charge in [-0.3, -0.25) is 0 Å². The Balaban J connectivity index is -0.000000231. The van der Waals surface area contributed by atoms with Crippen LogP contribution in [-0.2, 0) is 9.59 Å². The first-order valence-electron chi connectivity index (χ1n) is 12.9. The summed E-state index contributed by atoms with van der Waals surface area (Å²) in [5.41, 5.74) is 0. The largest absolute Gasteiger partial charge is 3.00 e. The van der Waals surface area contributed by atoms with E-state index in [2.05, 4.69) is 13.8 Å². The molecule has 0 radical (unpaired) electrons. The molecule has 0 aliphatic carbocycles. The Morgan fingerprint density at radius 2 is 0.625 bits per heavy atom. The van der Waals surface area contributed by atoms with Crippen LogP contribution in [0.3, 0.4) is 0 Å². The zero-order chi connectivity index (χ0) is 22.7. The van der Waals surface area contributed by atoms with Crippen molar-refractivity contribution in [3.8, 4) is 0 Å². The number of aliphatic carboxylic acids is 2. The summed E-state index contributed by atoms with van der Waals surface area (Å²) in [6, 6.07) is 0. The van der Waals surface area contributed by atoms with Crippen LogP contribution in [0.4, 0.5) is 0 Å². The molecule has 0 fully saturated rings. The molecular formula is C26H50AlClO4. The average molecular weight is 489 g/mol. The van der Waals surface area contributed by atoms with Gasteiger partial charge < -0.3 is 32.2 Å². The quantitative estimate of drug-likeness (QED) is 0.173. The van der Waals surface area contributed by atoms with Crippen LogP contribution in [0.15, 0.2) is 0 Å². The molecule has 6 heteroatoms. The molecule has 0 aromatic rings. The first kappa shape index (κ1) is 39.0. The number of carbonyl (C=O) groups is 2. The molecule has 188 valence electrons. The number of carbonyl (C=O) groups excluding carboxylic acids is 2. The Morgan fingerprint density at radius 1 is 0.438 bits per heavy atom. The first-order chi connectivity index (χ1) is 14.5. The predicted molar refractivity (Wildman–Crippen MR) is 129 cm³/mol. The van der Waals surface area contributed by atoms with E-state index in [1.165, 1.54) is 103 Å². The maximum atomic E-state index is 10.1. The van der Waals surface area contributed by atoms with Crippen molar-refractivity contribution in [1.29, 1.82) is 0 Å². The van der Waals surface area contributed by atoms with Crippen LogP contribution in [0.5, 0.6) is 0 Å². The molecule has 0 saturated heterocycles. The molecule has 0 aromatic heterocycles. The Labute approximate surface area is 216 Å². The molecule has 0 spiro atoms. The summed E-state index contributed by atoms with van der Waals surface area (Å²) >= 11 is 0. The number of unbranched alkanes of at least 4 members (excludes halogenated alkanes) is 18. The van der Waals surface area contributed by atoms with Crippen molar-refractivity contribution in [2.45, 2.75) is 155 Å². The summed E-state index contributed by atoms with van der Waals surface area (Å²) < 4.78 is 0. The van der Waals surface area contributed by atoms with Gasteiger partial charge in [-0.15, -0.1) is 0 Å². The van der Waals surface area contributed by atoms with Gasteiger partial charge in [0.25, 0.3) is 0 Å². The van der Waals surface area contributed by atoms with Gasteiger partial charge in [0.15, 0.2) is 0 Å². The average Bonchev–Trinajstić information content (AvgIpc) is 2.71. The van der Waals surface area contributed by atoms with Gasteiger partial charge in [0.05, 0.1) is 0 Å². The Morgan fingerprint density at radius 3 is 0.812 bits per heavy atom. The minimum atomic E-state index is -0.908. The molecule has 0 bridgehead atoms. The number of carboxylic acids is 2. The van der Waals surface area contributed by atoms with E-state index in [1.807, 2.05) is 0 Å². The standard InChI is InChI=1S/2C13H26O2.Al.ClH/c2*1-2-3-4-5-6-7-8-9-10-11-12-13(14)15;;/h2*2-12H2,1H3,(H,14,15);;1H/q;;+3;/p-3. The Kier molecular flexibility index (Phi) is 43.1. The molecule has 0 N–H and O–H groups in total. The van der Waals surface area contributed by atoms with Crippen LogP contribution in [0.1, 0.15) is 155 Å².